The second-order valence-corrected chi connectivity index (χ2v) is 5.85. The number of methoxy groups -OCH3 is 1. The fourth-order valence-corrected chi connectivity index (χ4v) is 2.47. The number of oxazole rings is 1. The number of nitrogens with one attached hydrogen (secondary N) is 1. The van der Waals surface area contributed by atoms with Crippen LogP contribution in [0.5, 0.6) is 0 Å². The molecule has 1 amide bonds. The molecule has 1 aromatic carbocycles. The third kappa shape index (κ3) is 6.46. The number of fused-ring (bicyclic) bond motifs is 1. The van der Waals surface area contributed by atoms with E-state index >= 15 is 0 Å². The van der Waals surface area contributed by atoms with Crippen molar-refractivity contribution >= 4 is 40.7 Å². The fraction of sp³-hybridized carbons (Fsp3) is 0.375. The Balaban J connectivity index is 1.61. The first kappa shape index (κ1) is 18.8. The van der Waals surface area contributed by atoms with E-state index in [-0.39, 0.29) is 24.7 Å². The number of aromatic nitrogens is 1. The molecule has 25 heavy (non-hydrogen) atoms. The lowest BCUT2D eigenvalue weighted by Crippen LogP contribution is -2.30. The molecule has 1 N–H and O–H groups in total. The summed E-state index contributed by atoms with van der Waals surface area (Å²) in [5.41, 5.74) is 1.36. The van der Waals surface area contributed by atoms with E-state index in [1.165, 1.54) is 7.11 Å². The van der Waals surface area contributed by atoms with Crippen LogP contribution in [0.2, 0.25) is 0 Å². The Morgan fingerprint density at radius 1 is 1.24 bits per heavy atom. The molecule has 134 valence electrons. The number of carbonyl (C=O) groups excluding carboxylic acids is 3. The van der Waals surface area contributed by atoms with Crippen LogP contribution in [0.4, 0.5) is 0 Å². The number of esters is 2. The molecule has 1 heterocycles. The first-order valence-corrected chi connectivity index (χ1v) is 8.54. The van der Waals surface area contributed by atoms with E-state index < -0.39 is 11.9 Å². The molecule has 0 radical (unpaired) electrons. The summed E-state index contributed by atoms with van der Waals surface area (Å²) in [6, 6.07) is 7.28. The van der Waals surface area contributed by atoms with E-state index in [4.69, 9.17) is 9.15 Å². The van der Waals surface area contributed by atoms with Gasteiger partial charge in [0, 0.05) is 13.0 Å². The topological polar surface area (TPSA) is 108 Å². The highest BCUT2D eigenvalue weighted by molar-refractivity contribution is 7.99. The molecule has 0 saturated carbocycles. The Labute approximate surface area is 148 Å². The quantitative estimate of drug-likeness (QED) is 0.404. The molecule has 0 aliphatic rings. The van der Waals surface area contributed by atoms with Crippen LogP contribution in [0.3, 0.4) is 0 Å². The minimum atomic E-state index is -0.544. The second kappa shape index (κ2) is 9.67. The molecule has 0 aliphatic carbocycles. The lowest BCUT2D eigenvalue weighted by Gasteiger charge is -2.05. The summed E-state index contributed by atoms with van der Waals surface area (Å²) in [7, 11) is 1.30. The monoisotopic (exact) mass is 366 g/mol. The van der Waals surface area contributed by atoms with Crippen LogP contribution in [-0.2, 0) is 23.9 Å². The largest absolute Gasteiger partial charge is 0.469 e. The third-order valence-electron chi connectivity index (χ3n) is 3.06. The highest BCUT2D eigenvalue weighted by Crippen LogP contribution is 2.22. The van der Waals surface area contributed by atoms with Gasteiger partial charge in [-0.2, -0.15) is 0 Å². The van der Waals surface area contributed by atoms with E-state index in [1.54, 1.807) is 6.07 Å². The van der Waals surface area contributed by atoms with E-state index in [0.717, 1.165) is 11.8 Å². The molecule has 0 spiro atoms. The molecular formula is C16H18N2O6S. The first-order chi connectivity index (χ1) is 12.1. The molecule has 8 nitrogen and oxygen atoms in total. The number of carbonyl (C=O) groups is 3. The average molecular weight is 366 g/mol. The summed E-state index contributed by atoms with van der Waals surface area (Å²) >= 11 is 1.10. The van der Waals surface area contributed by atoms with Crippen molar-refractivity contribution in [1.29, 1.82) is 0 Å². The van der Waals surface area contributed by atoms with Gasteiger partial charge in [-0.05, 0) is 18.6 Å². The molecule has 0 unspecified atom stereocenters. The lowest BCUT2D eigenvalue weighted by molar-refractivity contribution is -0.145. The maximum Gasteiger partial charge on any atom is 0.316 e. The average Bonchev–Trinajstić information content (AvgIpc) is 3.04. The van der Waals surface area contributed by atoms with Gasteiger partial charge < -0.3 is 19.2 Å². The minimum Gasteiger partial charge on any atom is -0.469 e. The molecule has 9 heteroatoms. The number of thioether (sulfide) groups is 1. The van der Waals surface area contributed by atoms with Gasteiger partial charge in [0.2, 0.25) is 0 Å². The van der Waals surface area contributed by atoms with Crippen molar-refractivity contribution in [2.45, 2.75) is 18.1 Å². The van der Waals surface area contributed by atoms with Gasteiger partial charge in [0.15, 0.2) is 12.2 Å². The van der Waals surface area contributed by atoms with E-state index in [9.17, 15) is 14.4 Å². The van der Waals surface area contributed by atoms with Crippen LogP contribution < -0.4 is 5.32 Å². The summed E-state index contributed by atoms with van der Waals surface area (Å²) in [6.45, 7) is -0.0612. The maximum absolute atomic E-state index is 11.6. The zero-order valence-corrected chi connectivity index (χ0v) is 14.5. The Hall–Kier alpha value is -2.55. The van der Waals surface area contributed by atoms with Crippen molar-refractivity contribution in [3.63, 3.8) is 0 Å². The van der Waals surface area contributed by atoms with Gasteiger partial charge in [0.25, 0.3) is 11.1 Å². The van der Waals surface area contributed by atoms with Gasteiger partial charge in [-0.25, -0.2) is 4.98 Å². The Morgan fingerprint density at radius 3 is 2.80 bits per heavy atom. The number of benzene rings is 1. The standard InChI is InChI=1S/C16H18N2O6S/c1-22-14(20)7-4-8-17-13(19)9-23-15(21)10-25-16-18-11-5-2-3-6-12(11)24-16/h2-3,5-6H,4,7-10H2,1H3,(H,17,19). The number of ether oxygens (including phenoxy) is 2. The molecule has 1 aromatic heterocycles. The van der Waals surface area contributed by atoms with E-state index in [2.05, 4.69) is 15.0 Å². The van der Waals surface area contributed by atoms with Crippen molar-refractivity contribution < 1.29 is 28.3 Å². The number of para-hydroxylation sites is 2. The SMILES string of the molecule is COC(=O)CCCNC(=O)COC(=O)CSc1nc2ccccc2o1. The Morgan fingerprint density at radius 2 is 2.04 bits per heavy atom. The fourth-order valence-electron chi connectivity index (χ4n) is 1.83. The molecule has 0 fully saturated rings. The summed E-state index contributed by atoms with van der Waals surface area (Å²) in [4.78, 5) is 38.3. The van der Waals surface area contributed by atoms with Crippen LogP contribution >= 0.6 is 11.8 Å². The van der Waals surface area contributed by atoms with Gasteiger partial charge in [-0.3, -0.25) is 14.4 Å². The van der Waals surface area contributed by atoms with E-state index in [0.29, 0.717) is 29.3 Å². The van der Waals surface area contributed by atoms with Gasteiger partial charge in [-0.1, -0.05) is 23.9 Å². The predicted octanol–water partition coefficient (Wildman–Crippen LogP) is 1.53. The molecule has 0 saturated heterocycles. The van der Waals surface area contributed by atoms with Crippen LogP contribution in [0, 0.1) is 0 Å². The molecule has 0 atom stereocenters. The minimum absolute atomic E-state index is 0.0115. The first-order valence-electron chi connectivity index (χ1n) is 7.56. The van der Waals surface area contributed by atoms with Crippen molar-refractivity contribution in [3.8, 4) is 0 Å². The van der Waals surface area contributed by atoms with Gasteiger partial charge in [-0.15, -0.1) is 0 Å². The number of hydrogen-bond donors (Lipinski definition) is 1. The molecular weight excluding hydrogens is 348 g/mol. The molecule has 2 rings (SSSR count). The maximum atomic E-state index is 11.6. The number of rotatable bonds is 9. The molecule has 0 aliphatic heterocycles. The normalized spacial score (nSPS) is 10.4. The summed E-state index contributed by atoms with van der Waals surface area (Å²) < 4.78 is 14.8. The van der Waals surface area contributed by atoms with Gasteiger partial charge >= 0.3 is 11.9 Å². The highest BCUT2D eigenvalue weighted by atomic mass is 32.2. The summed E-state index contributed by atoms with van der Waals surface area (Å²) in [5.74, 6) is -1.32. The van der Waals surface area contributed by atoms with Crippen molar-refractivity contribution in [2.24, 2.45) is 0 Å². The highest BCUT2D eigenvalue weighted by Gasteiger charge is 2.11. The second-order valence-electron chi connectivity index (χ2n) is 4.93. The number of amides is 1. The van der Waals surface area contributed by atoms with Crippen LogP contribution in [-0.4, -0.2) is 48.8 Å². The molecule has 2 aromatic rings. The summed E-state index contributed by atoms with van der Waals surface area (Å²) in [5, 5.41) is 2.91. The zero-order valence-electron chi connectivity index (χ0n) is 13.6. The van der Waals surface area contributed by atoms with Crippen molar-refractivity contribution in [3.05, 3.63) is 24.3 Å². The van der Waals surface area contributed by atoms with E-state index in [1.807, 2.05) is 18.2 Å². The lowest BCUT2D eigenvalue weighted by atomic mass is 10.3. The predicted molar refractivity (Wildman–Crippen MR) is 90.0 cm³/mol. The van der Waals surface area contributed by atoms with Gasteiger partial charge in [0.1, 0.15) is 11.3 Å². The molecule has 0 bridgehead atoms. The number of hydrogen-bond acceptors (Lipinski definition) is 8. The Bertz CT molecular complexity index is 712. The van der Waals surface area contributed by atoms with Gasteiger partial charge in [0.05, 0.1) is 7.11 Å². The zero-order chi connectivity index (χ0) is 18.1. The summed E-state index contributed by atoms with van der Waals surface area (Å²) in [6.07, 6.45) is 0.678. The van der Waals surface area contributed by atoms with Crippen molar-refractivity contribution in [1.82, 2.24) is 10.3 Å². The van der Waals surface area contributed by atoms with Crippen LogP contribution in [0.15, 0.2) is 33.9 Å². The number of nitrogens with zero attached hydrogens (tertiary/aromatic N) is 1. The third-order valence-corrected chi connectivity index (χ3v) is 3.86. The van der Waals surface area contributed by atoms with Crippen LogP contribution in [0.1, 0.15) is 12.8 Å². The van der Waals surface area contributed by atoms with Crippen molar-refractivity contribution in [2.75, 3.05) is 26.0 Å². The van der Waals surface area contributed by atoms with Crippen LogP contribution in [0.25, 0.3) is 11.1 Å². The Kier molecular flexibility index (Phi) is 7.27. The smallest absolute Gasteiger partial charge is 0.316 e.